The van der Waals surface area contributed by atoms with Gasteiger partial charge in [0, 0.05) is 35.2 Å². The van der Waals surface area contributed by atoms with Crippen molar-refractivity contribution in [3.05, 3.63) is 87.4 Å². The number of methoxy groups -OCH3 is 1. The first-order valence-corrected chi connectivity index (χ1v) is 12.5. The number of benzene rings is 2. The van der Waals surface area contributed by atoms with E-state index in [1.165, 1.54) is 0 Å². The Kier molecular flexibility index (Phi) is 5.98. The fraction of sp³-hybridized carbons (Fsp3) is 0.357. The SMILES string of the molecule is CCC1C=C2C(=O)C=C[C@@]3(OC)Oc4ccc(C(=O)NCc5ccc(Br)cc5)cc4[C@@H]([C@@H]1C)[C@@H]23. The summed E-state index contributed by atoms with van der Waals surface area (Å²) < 4.78 is 13.3. The normalized spacial score (nSPS) is 28.9. The molecule has 0 saturated heterocycles. The zero-order valence-corrected chi connectivity index (χ0v) is 21.1. The molecule has 34 heavy (non-hydrogen) atoms. The molecule has 2 aromatic rings. The number of allylic oxidation sites excluding steroid dienone is 2. The van der Waals surface area contributed by atoms with Crippen LogP contribution in [0.25, 0.3) is 0 Å². The molecule has 0 radical (unpaired) electrons. The lowest BCUT2D eigenvalue weighted by atomic mass is 9.59. The highest BCUT2D eigenvalue weighted by atomic mass is 79.9. The number of hydrogen-bond acceptors (Lipinski definition) is 4. The highest BCUT2D eigenvalue weighted by Gasteiger charge is 2.57. The maximum absolute atomic E-state index is 13.0. The van der Waals surface area contributed by atoms with Crippen LogP contribution in [0.2, 0.25) is 0 Å². The van der Waals surface area contributed by atoms with E-state index in [1.54, 1.807) is 25.3 Å². The van der Waals surface area contributed by atoms with E-state index in [0.717, 1.165) is 27.6 Å². The van der Waals surface area contributed by atoms with Crippen LogP contribution in [0.1, 0.15) is 47.7 Å². The van der Waals surface area contributed by atoms with Crippen LogP contribution < -0.4 is 10.1 Å². The molecule has 5 nitrogen and oxygen atoms in total. The molecule has 0 aromatic heterocycles. The standard InChI is InChI=1S/C28H28BrNO4/c1-4-18-13-21-23(31)11-12-28(33-3)26(21)25(16(18)2)22-14-19(7-10-24(22)34-28)27(32)30-15-17-5-8-20(29)9-6-17/h5-14,16,18,25-26H,4,15H2,1-3H3,(H,30,32)/t16-,18?,25-,26-,28-/m1/s1. The quantitative estimate of drug-likeness (QED) is 0.559. The predicted molar refractivity (Wildman–Crippen MR) is 134 cm³/mol. The number of carbonyl (C=O) groups excluding carboxylic acids is 2. The van der Waals surface area contributed by atoms with E-state index in [-0.39, 0.29) is 35.4 Å². The molecule has 0 saturated carbocycles. The molecule has 1 heterocycles. The molecule has 5 rings (SSSR count). The van der Waals surface area contributed by atoms with Gasteiger partial charge in [-0.05, 0) is 71.9 Å². The van der Waals surface area contributed by atoms with Crippen LogP contribution in [-0.2, 0) is 16.1 Å². The van der Waals surface area contributed by atoms with Gasteiger partial charge in [0.1, 0.15) is 5.75 Å². The Hall–Kier alpha value is -2.70. The van der Waals surface area contributed by atoms with E-state index in [0.29, 0.717) is 17.9 Å². The van der Waals surface area contributed by atoms with Gasteiger partial charge in [-0.25, -0.2) is 0 Å². The minimum Gasteiger partial charge on any atom is -0.458 e. The van der Waals surface area contributed by atoms with Gasteiger partial charge in [-0.1, -0.05) is 48.0 Å². The second-order valence-corrected chi connectivity index (χ2v) is 10.3. The van der Waals surface area contributed by atoms with Crippen LogP contribution in [0.4, 0.5) is 0 Å². The molecule has 0 spiro atoms. The Morgan fingerprint density at radius 2 is 1.97 bits per heavy atom. The molecule has 1 aliphatic heterocycles. The highest BCUT2D eigenvalue weighted by molar-refractivity contribution is 9.10. The first-order chi connectivity index (χ1) is 16.4. The second-order valence-electron chi connectivity index (χ2n) is 9.34. The molecule has 0 bridgehead atoms. The fourth-order valence-electron chi connectivity index (χ4n) is 5.73. The number of halogens is 1. The summed E-state index contributed by atoms with van der Waals surface area (Å²) >= 11 is 3.43. The number of rotatable bonds is 5. The number of carbonyl (C=O) groups is 2. The van der Waals surface area contributed by atoms with Crippen molar-refractivity contribution < 1.29 is 19.1 Å². The van der Waals surface area contributed by atoms with Crippen molar-refractivity contribution in [3.63, 3.8) is 0 Å². The molecule has 1 amide bonds. The van der Waals surface area contributed by atoms with Gasteiger partial charge in [0.05, 0.1) is 5.92 Å². The van der Waals surface area contributed by atoms with Crippen molar-refractivity contribution in [3.8, 4) is 5.75 Å². The van der Waals surface area contributed by atoms with Gasteiger partial charge < -0.3 is 14.8 Å². The molecular weight excluding hydrogens is 494 g/mol. The third-order valence-electron chi connectivity index (χ3n) is 7.57. The van der Waals surface area contributed by atoms with Crippen molar-refractivity contribution in [2.45, 2.75) is 38.5 Å². The third kappa shape index (κ3) is 3.73. The van der Waals surface area contributed by atoms with Crippen LogP contribution >= 0.6 is 15.9 Å². The smallest absolute Gasteiger partial charge is 0.251 e. The predicted octanol–water partition coefficient (Wildman–Crippen LogP) is 5.56. The Morgan fingerprint density at radius 3 is 2.68 bits per heavy atom. The zero-order chi connectivity index (χ0) is 24.0. The van der Waals surface area contributed by atoms with E-state index in [9.17, 15) is 9.59 Å². The lowest BCUT2D eigenvalue weighted by molar-refractivity contribution is -0.179. The lowest BCUT2D eigenvalue weighted by Gasteiger charge is -2.52. The largest absolute Gasteiger partial charge is 0.458 e. The molecule has 6 heteroatoms. The van der Waals surface area contributed by atoms with Gasteiger partial charge in [0.25, 0.3) is 5.91 Å². The monoisotopic (exact) mass is 521 g/mol. The molecule has 2 aromatic carbocycles. The molecule has 1 N–H and O–H groups in total. The Labute approximate surface area is 208 Å². The lowest BCUT2D eigenvalue weighted by Crippen LogP contribution is -2.56. The number of amides is 1. The molecule has 3 aliphatic rings. The topological polar surface area (TPSA) is 64.6 Å². The van der Waals surface area contributed by atoms with Gasteiger partial charge in [0.2, 0.25) is 5.79 Å². The van der Waals surface area contributed by atoms with Gasteiger partial charge in [-0.3, -0.25) is 9.59 Å². The van der Waals surface area contributed by atoms with E-state index in [2.05, 4.69) is 41.2 Å². The molecule has 176 valence electrons. The van der Waals surface area contributed by atoms with E-state index in [1.807, 2.05) is 36.4 Å². The zero-order valence-electron chi connectivity index (χ0n) is 19.5. The summed E-state index contributed by atoms with van der Waals surface area (Å²) in [6.07, 6.45) is 6.38. The minimum absolute atomic E-state index is 0.00164. The molecule has 0 fully saturated rings. The van der Waals surface area contributed by atoms with Crippen molar-refractivity contribution >= 4 is 27.6 Å². The van der Waals surface area contributed by atoms with Gasteiger partial charge >= 0.3 is 0 Å². The van der Waals surface area contributed by atoms with Crippen molar-refractivity contribution in [1.29, 1.82) is 0 Å². The number of nitrogens with one attached hydrogen (secondary N) is 1. The summed E-state index contributed by atoms with van der Waals surface area (Å²) in [5.74, 6) is -0.157. The van der Waals surface area contributed by atoms with Crippen LogP contribution in [0.15, 0.2) is 70.7 Å². The second kappa shape index (κ2) is 8.82. The van der Waals surface area contributed by atoms with Crippen LogP contribution in [0, 0.1) is 17.8 Å². The maximum atomic E-state index is 13.0. The first-order valence-electron chi connectivity index (χ1n) is 11.7. The summed E-state index contributed by atoms with van der Waals surface area (Å²) in [5, 5.41) is 3.01. The Balaban J connectivity index is 1.51. The number of hydrogen-bond donors (Lipinski definition) is 1. The Morgan fingerprint density at radius 1 is 1.21 bits per heavy atom. The van der Waals surface area contributed by atoms with E-state index >= 15 is 0 Å². The van der Waals surface area contributed by atoms with Crippen molar-refractivity contribution in [2.75, 3.05) is 7.11 Å². The molecule has 5 atom stereocenters. The van der Waals surface area contributed by atoms with E-state index in [4.69, 9.17) is 9.47 Å². The summed E-state index contributed by atoms with van der Waals surface area (Å²) in [6, 6.07) is 13.5. The first kappa shape index (κ1) is 23.1. The summed E-state index contributed by atoms with van der Waals surface area (Å²) in [4.78, 5) is 25.9. The van der Waals surface area contributed by atoms with Crippen LogP contribution in [0.5, 0.6) is 5.75 Å². The number of fused-ring (bicyclic) bond motifs is 2. The van der Waals surface area contributed by atoms with Gasteiger partial charge in [-0.15, -0.1) is 0 Å². The minimum atomic E-state index is -1.02. The average molecular weight is 522 g/mol. The molecule has 1 unspecified atom stereocenters. The summed E-state index contributed by atoms with van der Waals surface area (Å²) in [5.41, 5.74) is 3.33. The molecular formula is C28H28BrNO4. The van der Waals surface area contributed by atoms with E-state index < -0.39 is 5.79 Å². The maximum Gasteiger partial charge on any atom is 0.251 e. The summed E-state index contributed by atoms with van der Waals surface area (Å²) in [6.45, 7) is 4.82. The third-order valence-corrected chi connectivity index (χ3v) is 8.10. The van der Waals surface area contributed by atoms with Crippen LogP contribution in [0.3, 0.4) is 0 Å². The fourth-order valence-corrected chi connectivity index (χ4v) is 6.00. The summed E-state index contributed by atoms with van der Waals surface area (Å²) in [7, 11) is 1.63. The van der Waals surface area contributed by atoms with Crippen LogP contribution in [-0.4, -0.2) is 24.6 Å². The highest BCUT2D eigenvalue weighted by Crippen LogP contribution is 2.58. The number of ether oxygens (including phenoxy) is 2. The average Bonchev–Trinajstić information content (AvgIpc) is 2.86. The van der Waals surface area contributed by atoms with Crippen molar-refractivity contribution in [1.82, 2.24) is 5.32 Å². The van der Waals surface area contributed by atoms with Gasteiger partial charge in [-0.2, -0.15) is 0 Å². The number of ketones is 1. The molecule has 2 aliphatic carbocycles. The van der Waals surface area contributed by atoms with Crippen molar-refractivity contribution in [2.24, 2.45) is 17.8 Å². The van der Waals surface area contributed by atoms with Gasteiger partial charge in [0.15, 0.2) is 5.78 Å². The Bertz CT molecular complexity index is 1200.